The molecule has 2 rings (SSSR count). The summed E-state index contributed by atoms with van der Waals surface area (Å²) in [4.78, 5) is 11.4. The highest BCUT2D eigenvalue weighted by Gasteiger charge is 2.16. The first-order chi connectivity index (χ1) is 7.36. The van der Waals surface area contributed by atoms with Crippen LogP contribution in [0.5, 0.6) is 0 Å². The number of nitrogens with one attached hydrogen (secondary N) is 2. The van der Waals surface area contributed by atoms with Gasteiger partial charge in [0, 0.05) is 19.8 Å². The number of aromatic nitrogens is 4. The van der Waals surface area contributed by atoms with Crippen molar-refractivity contribution >= 4 is 5.91 Å². The molecule has 1 aromatic heterocycles. The van der Waals surface area contributed by atoms with Gasteiger partial charge in [0.15, 0.2) is 0 Å². The van der Waals surface area contributed by atoms with Crippen LogP contribution in [0.4, 0.5) is 0 Å². The molecule has 0 radical (unpaired) electrons. The number of aromatic amines is 1. The lowest BCUT2D eigenvalue weighted by atomic mass is 10.0. The van der Waals surface area contributed by atoms with Crippen molar-refractivity contribution < 1.29 is 9.53 Å². The zero-order valence-electron chi connectivity index (χ0n) is 8.27. The van der Waals surface area contributed by atoms with Gasteiger partial charge in [-0.25, -0.2) is 0 Å². The van der Waals surface area contributed by atoms with Crippen molar-refractivity contribution in [2.75, 3.05) is 19.8 Å². The number of nitrogens with zero attached hydrogens (tertiary/aromatic N) is 3. The molecule has 1 aromatic rings. The fourth-order valence-corrected chi connectivity index (χ4v) is 1.52. The van der Waals surface area contributed by atoms with Crippen LogP contribution in [-0.4, -0.2) is 46.3 Å². The Morgan fingerprint density at radius 2 is 2.33 bits per heavy atom. The number of tetrazole rings is 1. The molecule has 15 heavy (non-hydrogen) atoms. The van der Waals surface area contributed by atoms with Crippen molar-refractivity contribution in [2.24, 2.45) is 5.92 Å². The quantitative estimate of drug-likeness (QED) is 0.693. The molecule has 0 aliphatic carbocycles. The number of carbonyl (C=O) groups is 1. The fraction of sp³-hybridized carbons (Fsp3) is 0.750. The van der Waals surface area contributed by atoms with Crippen LogP contribution in [0.15, 0.2) is 0 Å². The molecule has 1 aliphatic rings. The molecule has 1 fully saturated rings. The van der Waals surface area contributed by atoms with E-state index in [1.165, 1.54) is 0 Å². The second-order valence-electron chi connectivity index (χ2n) is 3.50. The van der Waals surface area contributed by atoms with Gasteiger partial charge in [-0.05, 0) is 24.0 Å². The Labute approximate surface area is 86.6 Å². The van der Waals surface area contributed by atoms with Crippen LogP contribution in [0.3, 0.4) is 0 Å². The minimum atomic E-state index is -0.282. The van der Waals surface area contributed by atoms with E-state index < -0.39 is 0 Å². The minimum absolute atomic E-state index is 0.0852. The Kier molecular flexibility index (Phi) is 3.23. The predicted molar refractivity (Wildman–Crippen MR) is 50.1 cm³/mol. The second-order valence-corrected chi connectivity index (χ2v) is 3.50. The number of rotatable bonds is 3. The summed E-state index contributed by atoms with van der Waals surface area (Å²) in [6.07, 6.45) is 1.99. The average molecular weight is 211 g/mol. The first-order valence-electron chi connectivity index (χ1n) is 4.95. The lowest BCUT2D eigenvalue weighted by Crippen LogP contribution is -2.32. The minimum Gasteiger partial charge on any atom is -0.381 e. The van der Waals surface area contributed by atoms with E-state index in [9.17, 15) is 4.79 Å². The maximum atomic E-state index is 11.4. The van der Waals surface area contributed by atoms with Gasteiger partial charge in [-0.3, -0.25) is 4.79 Å². The van der Waals surface area contributed by atoms with E-state index in [4.69, 9.17) is 4.74 Å². The third-order valence-corrected chi connectivity index (χ3v) is 2.44. The van der Waals surface area contributed by atoms with Crippen LogP contribution < -0.4 is 5.32 Å². The molecule has 0 bridgehead atoms. The summed E-state index contributed by atoms with van der Waals surface area (Å²) in [5, 5.41) is 15.5. The lowest BCUT2D eigenvalue weighted by Gasteiger charge is -2.21. The van der Waals surface area contributed by atoms with Crippen molar-refractivity contribution in [3.63, 3.8) is 0 Å². The topological polar surface area (TPSA) is 92.8 Å². The lowest BCUT2D eigenvalue weighted by molar-refractivity contribution is 0.0641. The van der Waals surface area contributed by atoms with Crippen LogP contribution in [0.2, 0.25) is 0 Å². The Balaban J connectivity index is 1.75. The van der Waals surface area contributed by atoms with Crippen molar-refractivity contribution in [1.82, 2.24) is 25.9 Å². The summed E-state index contributed by atoms with van der Waals surface area (Å²) >= 11 is 0. The Hall–Kier alpha value is -1.50. The van der Waals surface area contributed by atoms with Crippen molar-refractivity contribution in [3.05, 3.63) is 5.82 Å². The molecule has 0 atom stereocenters. The van der Waals surface area contributed by atoms with E-state index in [1.807, 2.05) is 0 Å². The van der Waals surface area contributed by atoms with Gasteiger partial charge in [-0.15, -0.1) is 10.2 Å². The number of carbonyl (C=O) groups excluding carboxylic acids is 1. The number of hydrogen-bond donors (Lipinski definition) is 2. The van der Waals surface area contributed by atoms with Gasteiger partial charge in [0.25, 0.3) is 11.7 Å². The molecule has 2 N–H and O–H groups in total. The summed E-state index contributed by atoms with van der Waals surface area (Å²) in [6.45, 7) is 2.21. The van der Waals surface area contributed by atoms with E-state index in [0.717, 1.165) is 26.1 Å². The van der Waals surface area contributed by atoms with Gasteiger partial charge in [0.1, 0.15) is 0 Å². The molecular weight excluding hydrogens is 198 g/mol. The van der Waals surface area contributed by atoms with Crippen LogP contribution in [0, 0.1) is 5.92 Å². The Morgan fingerprint density at radius 3 is 3.00 bits per heavy atom. The van der Waals surface area contributed by atoms with Crippen molar-refractivity contribution in [3.8, 4) is 0 Å². The van der Waals surface area contributed by atoms with E-state index in [1.54, 1.807) is 0 Å². The molecule has 2 heterocycles. The van der Waals surface area contributed by atoms with Gasteiger partial charge in [0.2, 0.25) is 0 Å². The van der Waals surface area contributed by atoms with Crippen LogP contribution in [0.25, 0.3) is 0 Å². The largest absolute Gasteiger partial charge is 0.381 e. The highest BCUT2D eigenvalue weighted by Crippen LogP contribution is 2.13. The average Bonchev–Trinajstić information content (AvgIpc) is 2.81. The third kappa shape index (κ3) is 2.72. The van der Waals surface area contributed by atoms with Gasteiger partial charge < -0.3 is 10.1 Å². The van der Waals surface area contributed by atoms with E-state index in [-0.39, 0.29) is 11.7 Å². The van der Waals surface area contributed by atoms with Crippen LogP contribution in [-0.2, 0) is 4.74 Å². The first kappa shape index (κ1) is 10.0. The monoisotopic (exact) mass is 211 g/mol. The molecule has 1 amide bonds. The first-order valence-corrected chi connectivity index (χ1v) is 4.95. The molecule has 0 aromatic carbocycles. The summed E-state index contributed by atoms with van der Waals surface area (Å²) in [5.74, 6) is 0.298. The SMILES string of the molecule is O=C(NCC1CCOCC1)c1nn[nH]n1. The van der Waals surface area contributed by atoms with Crippen molar-refractivity contribution in [1.29, 1.82) is 0 Å². The van der Waals surface area contributed by atoms with Crippen LogP contribution >= 0.6 is 0 Å². The zero-order valence-corrected chi connectivity index (χ0v) is 8.27. The molecule has 0 saturated carbocycles. The summed E-state index contributed by atoms with van der Waals surface area (Å²) < 4.78 is 5.23. The molecule has 82 valence electrons. The van der Waals surface area contributed by atoms with E-state index >= 15 is 0 Å². The summed E-state index contributed by atoms with van der Waals surface area (Å²) in [7, 11) is 0. The van der Waals surface area contributed by atoms with Crippen molar-refractivity contribution in [2.45, 2.75) is 12.8 Å². The summed E-state index contributed by atoms with van der Waals surface area (Å²) in [5.41, 5.74) is 0. The Morgan fingerprint density at radius 1 is 1.53 bits per heavy atom. The summed E-state index contributed by atoms with van der Waals surface area (Å²) in [6, 6.07) is 0. The third-order valence-electron chi connectivity index (χ3n) is 2.44. The number of ether oxygens (including phenoxy) is 1. The molecule has 0 spiro atoms. The second kappa shape index (κ2) is 4.83. The maximum absolute atomic E-state index is 11.4. The van der Waals surface area contributed by atoms with Gasteiger partial charge in [-0.1, -0.05) is 0 Å². The van der Waals surface area contributed by atoms with Crippen LogP contribution in [0.1, 0.15) is 23.5 Å². The molecule has 7 nitrogen and oxygen atoms in total. The van der Waals surface area contributed by atoms with E-state index in [2.05, 4.69) is 25.9 Å². The van der Waals surface area contributed by atoms with Gasteiger partial charge in [0.05, 0.1) is 0 Å². The van der Waals surface area contributed by atoms with Gasteiger partial charge >= 0.3 is 0 Å². The van der Waals surface area contributed by atoms with Gasteiger partial charge in [-0.2, -0.15) is 5.21 Å². The predicted octanol–water partition coefficient (Wildman–Crippen LogP) is -0.644. The molecule has 0 unspecified atom stereocenters. The smallest absolute Gasteiger partial charge is 0.292 e. The highest BCUT2D eigenvalue weighted by atomic mass is 16.5. The highest BCUT2D eigenvalue weighted by molar-refractivity contribution is 5.89. The molecule has 7 heteroatoms. The normalized spacial score (nSPS) is 17.6. The maximum Gasteiger partial charge on any atom is 0.292 e. The fourth-order valence-electron chi connectivity index (χ4n) is 1.52. The standard InChI is InChI=1S/C8H13N5O2/c14-8(7-10-12-13-11-7)9-5-6-1-3-15-4-2-6/h6H,1-5H2,(H,9,14)(H,10,11,12,13). The number of amides is 1. The zero-order chi connectivity index (χ0) is 10.5. The number of hydrogen-bond acceptors (Lipinski definition) is 5. The molecular formula is C8H13N5O2. The number of H-pyrrole nitrogens is 1. The Bertz CT molecular complexity index is 307. The van der Waals surface area contributed by atoms with E-state index in [0.29, 0.717) is 12.5 Å². The molecule has 1 saturated heterocycles. The molecule has 1 aliphatic heterocycles.